The van der Waals surface area contributed by atoms with Gasteiger partial charge in [-0.1, -0.05) is 17.3 Å². The lowest BCUT2D eigenvalue weighted by atomic mass is 10.0. The fourth-order valence-corrected chi connectivity index (χ4v) is 3.43. The van der Waals surface area contributed by atoms with Crippen molar-refractivity contribution in [2.75, 3.05) is 0 Å². The molecule has 186 valence electrons. The van der Waals surface area contributed by atoms with Crippen molar-refractivity contribution in [3.05, 3.63) is 87.7 Å². The van der Waals surface area contributed by atoms with E-state index in [0.717, 1.165) is 24.3 Å². The second kappa shape index (κ2) is 9.28. The van der Waals surface area contributed by atoms with Gasteiger partial charge in [0.1, 0.15) is 17.2 Å². The highest BCUT2D eigenvalue weighted by Crippen LogP contribution is 2.33. The van der Waals surface area contributed by atoms with Crippen molar-refractivity contribution in [1.82, 2.24) is 35.1 Å². The van der Waals surface area contributed by atoms with E-state index in [4.69, 9.17) is 0 Å². The van der Waals surface area contributed by atoms with Crippen molar-refractivity contribution >= 4 is 5.91 Å². The summed E-state index contributed by atoms with van der Waals surface area (Å²) < 4.78 is 70.1. The first-order valence-electron chi connectivity index (χ1n) is 10.2. The average molecular weight is 505 g/mol. The first kappa shape index (κ1) is 24.6. The summed E-state index contributed by atoms with van der Waals surface area (Å²) in [5, 5.41) is 13.7. The first-order chi connectivity index (χ1) is 17.0. The van der Waals surface area contributed by atoms with Gasteiger partial charge in [-0.3, -0.25) is 9.59 Å². The molecule has 1 atom stereocenters. The molecule has 0 bridgehead atoms. The standard InChI is InChI=1S/C22H16F5N7O2/c1-11(13-4-3-5-14(19(13)23)22(25,26)27)30-21(36)15-6-7-18(35)34(31-15)16-8-12(9-28-20(16)24)17-10-29-32-33(17)2/h3-11H,1-2H3,(H,30,36)/t11-/m1/s1. The number of pyridine rings is 1. The summed E-state index contributed by atoms with van der Waals surface area (Å²) in [6, 6.07) is 4.77. The van der Waals surface area contributed by atoms with Crippen LogP contribution in [0.2, 0.25) is 0 Å². The minimum Gasteiger partial charge on any atom is -0.344 e. The quantitative estimate of drug-likeness (QED) is 0.330. The Morgan fingerprint density at radius 3 is 2.53 bits per heavy atom. The molecule has 3 heterocycles. The van der Waals surface area contributed by atoms with E-state index in [1.807, 2.05) is 0 Å². The molecule has 3 aromatic heterocycles. The summed E-state index contributed by atoms with van der Waals surface area (Å²) in [7, 11) is 1.59. The Hall–Kier alpha value is -4.49. The third-order valence-corrected chi connectivity index (χ3v) is 5.24. The number of halogens is 5. The Balaban J connectivity index is 1.66. The van der Waals surface area contributed by atoms with Crippen LogP contribution < -0.4 is 10.9 Å². The van der Waals surface area contributed by atoms with Gasteiger partial charge in [-0.05, 0) is 25.1 Å². The fourth-order valence-electron chi connectivity index (χ4n) is 3.43. The Labute approximate surface area is 199 Å². The highest BCUT2D eigenvalue weighted by Gasteiger charge is 2.35. The van der Waals surface area contributed by atoms with Gasteiger partial charge in [-0.25, -0.2) is 14.1 Å². The minimum atomic E-state index is -4.92. The normalized spacial score (nSPS) is 12.4. The van der Waals surface area contributed by atoms with Gasteiger partial charge in [-0.15, -0.1) is 5.10 Å². The number of aromatic nitrogens is 6. The topological polar surface area (TPSA) is 108 Å². The molecule has 0 saturated heterocycles. The van der Waals surface area contributed by atoms with Crippen molar-refractivity contribution in [3.63, 3.8) is 0 Å². The molecule has 0 aliphatic heterocycles. The van der Waals surface area contributed by atoms with E-state index in [1.54, 1.807) is 7.05 Å². The number of nitrogens with one attached hydrogen (secondary N) is 1. The number of carbonyl (C=O) groups excluding carboxylic acids is 1. The number of carbonyl (C=O) groups is 1. The predicted molar refractivity (Wildman–Crippen MR) is 115 cm³/mol. The van der Waals surface area contributed by atoms with Crippen LogP contribution in [0.25, 0.3) is 16.9 Å². The van der Waals surface area contributed by atoms with Crippen LogP contribution in [0, 0.1) is 11.8 Å². The van der Waals surface area contributed by atoms with Crippen LogP contribution in [-0.4, -0.2) is 35.7 Å². The highest BCUT2D eigenvalue weighted by atomic mass is 19.4. The summed E-state index contributed by atoms with van der Waals surface area (Å²) in [5.41, 5.74) is -2.59. The lowest BCUT2D eigenvalue weighted by Crippen LogP contribution is -2.31. The van der Waals surface area contributed by atoms with Crippen LogP contribution in [0.15, 0.2) is 53.6 Å². The van der Waals surface area contributed by atoms with Gasteiger partial charge < -0.3 is 5.32 Å². The number of hydrogen-bond acceptors (Lipinski definition) is 6. The van der Waals surface area contributed by atoms with Crippen molar-refractivity contribution in [1.29, 1.82) is 0 Å². The fraction of sp³-hybridized carbons (Fsp3) is 0.182. The van der Waals surface area contributed by atoms with E-state index >= 15 is 0 Å². The third kappa shape index (κ3) is 4.69. The molecule has 0 unspecified atom stereocenters. The molecule has 1 N–H and O–H groups in total. The van der Waals surface area contributed by atoms with Gasteiger partial charge in [0.2, 0.25) is 5.95 Å². The van der Waals surface area contributed by atoms with Crippen LogP contribution in [0.5, 0.6) is 0 Å². The molecule has 0 aliphatic rings. The maximum absolute atomic E-state index is 14.5. The summed E-state index contributed by atoms with van der Waals surface area (Å²) >= 11 is 0. The predicted octanol–water partition coefficient (Wildman–Crippen LogP) is 3.21. The number of rotatable bonds is 5. The number of nitrogens with zero attached hydrogens (tertiary/aromatic N) is 6. The molecule has 14 heteroatoms. The molecular formula is C22H16F5N7O2. The molecule has 36 heavy (non-hydrogen) atoms. The zero-order valence-corrected chi connectivity index (χ0v) is 18.6. The van der Waals surface area contributed by atoms with E-state index < -0.39 is 46.6 Å². The van der Waals surface area contributed by atoms with Gasteiger partial charge in [-0.2, -0.15) is 27.3 Å². The van der Waals surface area contributed by atoms with Crippen LogP contribution in [0.1, 0.15) is 34.6 Å². The number of amides is 1. The van der Waals surface area contributed by atoms with Crippen LogP contribution in [-0.2, 0) is 13.2 Å². The molecule has 4 rings (SSSR count). The largest absolute Gasteiger partial charge is 0.419 e. The highest BCUT2D eigenvalue weighted by molar-refractivity contribution is 5.92. The molecule has 4 aromatic rings. The average Bonchev–Trinajstić information content (AvgIpc) is 3.25. The van der Waals surface area contributed by atoms with Crippen molar-refractivity contribution in [2.24, 2.45) is 7.05 Å². The zero-order valence-electron chi connectivity index (χ0n) is 18.6. The monoisotopic (exact) mass is 505 g/mol. The maximum atomic E-state index is 14.5. The van der Waals surface area contributed by atoms with Gasteiger partial charge in [0.05, 0.1) is 23.5 Å². The summed E-state index contributed by atoms with van der Waals surface area (Å²) in [5.74, 6) is -3.51. The Morgan fingerprint density at radius 2 is 1.86 bits per heavy atom. The molecule has 1 aromatic carbocycles. The van der Waals surface area contributed by atoms with Crippen molar-refractivity contribution < 1.29 is 26.7 Å². The van der Waals surface area contributed by atoms with E-state index in [0.29, 0.717) is 22.0 Å². The molecule has 0 aliphatic carbocycles. The second-order valence-electron chi connectivity index (χ2n) is 7.65. The smallest absolute Gasteiger partial charge is 0.344 e. The van der Waals surface area contributed by atoms with E-state index in [1.165, 1.54) is 30.1 Å². The number of aryl methyl sites for hydroxylation is 1. The van der Waals surface area contributed by atoms with E-state index in [2.05, 4.69) is 25.7 Å². The lowest BCUT2D eigenvalue weighted by molar-refractivity contribution is -0.140. The zero-order chi connectivity index (χ0) is 26.2. The SMILES string of the molecule is C[C@@H](NC(=O)c1ccc(=O)n(-c2cc(-c3cnnn3C)cnc2F)n1)c1cccc(C(F)(F)F)c1F. The Kier molecular flexibility index (Phi) is 6.35. The number of hydrogen-bond donors (Lipinski definition) is 1. The number of benzene rings is 1. The summed E-state index contributed by atoms with van der Waals surface area (Å²) in [6.45, 7) is 1.28. The first-order valence-corrected chi connectivity index (χ1v) is 10.2. The molecule has 0 fully saturated rings. The maximum Gasteiger partial charge on any atom is 0.419 e. The minimum absolute atomic E-state index is 0.357. The summed E-state index contributed by atoms with van der Waals surface area (Å²) in [6.07, 6.45) is -2.32. The summed E-state index contributed by atoms with van der Waals surface area (Å²) in [4.78, 5) is 28.8. The number of alkyl halides is 3. The Bertz CT molecular complexity index is 1510. The van der Waals surface area contributed by atoms with Gasteiger partial charge in [0, 0.05) is 30.4 Å². The molecule has 0 spiro atoms. The van der Waals surface area contributed by atoms with Crippen LogP contribution in [0.3, 0.4) is 0 Å². The van der Waals surface area contributed by atoms with E-state index in [9.17, 15) is 31.5 Å². The Morgan fingerprint density at radius 1 is 1.11 bits per heavy atom. The molecular weight excluding hydrogens is 489 g/mol. The van der Waals surface area contributed by atoms with Crippen molar-refractivity contribution in [3.8, 4) is 16.9 Å². The second-order valence-corrected chi connectivity index (χ2v) is 7.65. The molecule has 1 amide bonds. The van der Waals surface area contributed by atoms with Gasteiger partial charge in [0.15, 0.2) is 0 Å². The molecule has 0 radical (unpaired) electrons. The van der Waals surface area contributed by atoms with Gasteiger partial charge in [0.25, 0.3) is 11.5 Å². The van der Waals surface area contributed by atoms with Crippen LogP contribution >= 0.6 is 0 Å². The van der Waals surface area contributed by atoms with Crippen LogP contribution in [0.4, 0.5) is 22.0 Å². The molecule has 9 nitrogen and oxygen atoms in total. The van der Waals surface area contributed by atoms with Gasteiger partial charge >= 0.3 is 6.18 Å². The van der Waals surface area contributed by atoms with Crippen molar-refractivity contribution in [2.45, 2.75) is 19.1 Å². The third-order valence-electron chi connectivity index (χ3n) is 5.24. The van der Waals surface area contributed by atoms with E-state index in [-0.39, 0.29) is 11.4 Å². The lowest BCUT2D eigenvalue weighted by Gasteiger charge is -2.17. The molecule has 0 saturated carbocycles.